The van der Waals surface area contributed by atoms with Gasteiger partial charge in [0, 0.05) is 33.1 Å². The fraction of sp³-hybridized carbons (Fsp3) is 0.579. The fourth-order valence-electron chi connectivity index (χ4n) is 3.22. The zero-order valence-electron chi connectivity index (χ0n) is 16.5. The van der Waals surface area contributed by atoms with Crippen LogP contribution in [0.5, 0.6) is 0 Å². The van der Waals surface area contributed by atoms with Gasteiger partial charge in [-0.3, -0.25) is 9.59 Å². The van der Waals surface area contributed by atoms with Crippen molar-refractivity contribution in [2.45, 2.75) is 57.4 Å². The summed E-state index contributed by atoms with van der Waals surface area (Å²) in [6, 6.07) is 2.03. The van der Waals surface area contributed by atoms with Crippen molar-refractivity contribution < 1.29 is 9.59 Å². The lowest BCUT2D eigenvalue weighted by Crippen LogP contribution is -2.31. The highest BCUT2D eigenvalue weighted by Crippen LogP contribution is 2.20. The van der Waals surface area contributed by atoms with Crippen LogP contribution in [0.25, 0.3) is 0 Å². The van der Waals surface area contributed by atoms with Crippen LogP contribution in [-0.2, 0) is 29.2 Å². The quantitative estimate of drug-likeness (QED) is 0.613. The second-order valence-electron chi connectivity index (χ2n) is 6.94. The van der Waals surface area contributed by atoms with Crippen molar-refractivity contribution in [3.63, 3.8) is 0 Å². The molecular weight excluding hydrogens is 394 g/mol. The maximum Gasteiger partial charge on any atom is 0.233 e. The maximum atomic E-state index is 12.4. The Morgan fingerprint density at radius 2 is 2.18 bits per heavy atom. The molecule has 0 spiro atoms. The Balaban J connectivity index is 1.58. The van der Waals surface area contributed by atoms with E-state index in [0.29, 0.717) is 31.8 Å². The molecule has 3 rings (SSSR count). The summed E-state index contributed by atoms with van der Waals surface area (Å²) in [5, 5.41) is 13.4. The molecule has 2 aromatic rings. The van der Waals surface area contributed by atoms with Gasteiger partial charge in [0.2, 0.25) is 11.8 Å². The highest BCUT2D eigenvalue weighted by molar-refractivity contribution is 7.99. The molecule has 0 saturated carbocycles. The van der Waals surface area contributed by atoms with Gasteiger partial charge in [-0.25, -0.2) is 0 Å². The number of thiophene rings is 1. The molecule has 28 heavy (non-hydrogen) atoms. The average Bonchev–Trinajstić information content (AvgIpc) is 3.28. The minimum atomic E-state index is 0.0612. The number of aromatic nitrogens is 3. The van der Waals surface area contributed by atoms with Gasteiger partial charge in [-0.15, -0.1) is 10.2 Å². The number of carbonyl (C=O) groups excluding carboxylic acids is 2. The molecule has 7 nitrogen and oxygen atoms in total. The van der Waals surface area contributed by atoms with Crippen LogP contribution in [0.3, 0.4) is 0 Å². The van der Waals surface area contributed by atoms with Gasteiger partial charge >= 0.3 is 0 Å². The van der Waals surface area contributed by atoms with Crippen molar-refractivity contribution in [2.75, 3.05) is 19.3 Å². The Kier molecular flexibility index (Phi) is 7.50. The van der Waals surface area contributed by atoms with Crippen LogP contribution in [0.1, 0.15) is 44.0 Å². The summed E-state index contributed by atoms with van der Waals surface area (Å²) >= 11 is 3.04. The van der Waals surface area contributed by atoms with E-state index >= 15 is 0 Å². The largest absolute Gasteiger partial charge is 0.341 e. The van der Waals surface area contributed by atoms with Crippen molar-refractivity contribution in [3.05, 3.63) is 28.2 Å². The van der Waals surface area contributed by atoms with E-state index in [2.05, 4.69) is 15.6 Å². The minimum absolute atomic E-state index is 0.0612. The molecule has 1 saturated heterocycles. The zero-order chi connectivity index (χ0) is 19.9. The molecule has 9 heteroatoms. The third-order valence-corrected chi connectivity index (χ3v) is 6.55. The minimum Gasteiger partial charge on any atom is -0.341 e. The molecule has 1 fully saturated rings. The molecule has 0 unspecified atom stereocenters. The standard InChI is InChI=1S/C19H27N5O2S2/c1-3-24-16(12-23-9-6-4-5-7-17(23)25)20-21-19(24)28-14-18(26)22(2)11-15-8-10-27-13-15/h8,10,13H,3-7,9,11-12,14H2,1-2H3. The third-order valence-electron chi connectivity index (χ3n) is 4.86. The number of hydrogen-bond acceptors (Lipinski definition) is 6. The van der Waals surface area contributed by atoms with Crippen molar-refractivity contribution in [3.8, 4) is 0 Å². The van der Waals surface area contributed by atoms with Crippen molar-refractivity contribution in [1.82, 2.24) is 24.6 Å². The van der Waals surface area contributed by atoms with Crippen molar-refractivity contribution in [1.29, 1.82) is 0 Å². The number of amides is 2. The highest BCUT2D eigenvalue weighted by Gasteiger charge is 2.21. The molecule has 0 aromatic carbocycles. The van der Waals surface area contributed by atoms with E-state index in [1.807, 2.05) is 34.9 Å². The van der Waals surface area contributed by atoms with Gasteiger partial charge in [-0.2, -0.15) is 11.3 Å². The van der Waals surface area contributed by atoms with E-state index in [4.69, 9.17) is 0 Å². The summed E-state index contributed by atoms with van der Waals surface area (Å²) in [6.45, 7) is 4.64. The van der Waals surface area contributed by atoms with E-state index in [1.165, 1.54) is 11.8 Å². The molecular formula is C19H27N5O2S2. The number of likely N-dealkylation sites (tertiary alicyclic amines) is 1. The first-order valence-corrected chi connectivity index (χ1v) is 11.6. The second kappa shape index (κ2) is 10.1. The number of rotatable bonds is 8. The molecule has 0 aliphatic carbocycles. The summed E-state index contributed by atoms with van der Waals surface area (Å²) in [4.78, 5) is 28.3. The maximum absolute atomic E-state index is 12.4. The lowest BCUT2D eigenvalue weighted by atomic mass is 10.2. The molecule has 1 aliphatic rings. The summed E-state index contributed by atoms with van der Waals surface area (Å²) in [7, 11) is 1.82. The van der Waals surface area contributed by atoms with Crippen LogP contribution in [0.2, 0.25) is 0 Å². The Morgan fingerprint density at radius 1 is 1.32 bits per heavy atom. The van der Waals surface area contributed by atoms with Crippen LogP contribution in [0, 0.1) is 0 Å². The van der Waals surface area contributed by atoms with Crippen molar-refractivity contribution >= 4 is 34.9 Å². The van der Waals surface area contributed by atoms with Crippen molar-refractivity contribution in [2.24, 2.45) is 0 Å². The Morgan fingerprint density at radius 3 is 2.93 bits per heavy atom. The molecule has 0 atom stereocenters. The monoisotopic (exact) mass is 421 g/mol. The lowest BCUT2D eigenvalue weighted by molar-refractivity contribution is -0.131. The first kappa shape index (κ1) is 20.9. The number of thioether (sulfide) groups is 1. The number of nitrogens with zero attached hydrogens (tertiary/aromatic N) is 5. The molecule has 0 bridgehead atoms. The van der Waals surface area contributed by atoms with Gasteiger partial charge in [0.15, 0.2) is 11.0 Å². The van der Waals surface area contributed by atoms with E-state index < -0.39 is 0 Å². The predicted molar refractivity (Wildman–Crippen MR) is 111 cm³/mol. The zero-order valence-corrected chi connectivity index (χ0v) is 18.1. The van der Waals surface area contributed by atoms with Crippen LogP contribution >= 0.6 is 23.1 Å². The molecule has 3 heterocycles. The summed E-state index contributed by atoms with van der Waals surface area (Å²) < 4.78 is 2.01. The molecule has 0 radical (unpaired) electrons. The molecule has 2 aromatic heterocycles. The SMILES string of the molecule is CCn1c(CN2CCCCCC2=O)nnc1SCC(=O)N(C)Cc1ccsc1. The second-order valence-corrected chi connectivity index (χ2v) is 8.66. The summed E-state index contributed by atoms with van der Waals surface area (Å²) in [5.74, 6) is 1.37. The number of hydrogen-bond donors (Lipinski definition) is 0. The molecule has 2 amide bonds. The Hall–Kier alpha value is -1.87. The van der Waals surface area contributed by atoms with Crippen LogP contribution in [0.4, 0.5) is 0 Å². The van der Waals surface area contributed by atoms with Gasteiger partial charge in [0.05, 0.1) is 12.3 Å². The summed E-state index contributed by atoms with van der Waals surface area (Å²) in [5.41, 5.74) is 1.15. The molecule has 0 N–H and O–H groups in total. The third kappa shape index (κ3) is 5.35. The molecule has 1 aliphatic heterocycles. The van der Waals surface area contributed by atoms with Gasteiger partial charge in [0.1, 0.15) is 0 Å². The van der Waals surface area contributed by atoms with Gasteiger partial charge in [-0.1, -0.05) is 18.2 Å². The van der Waals surface area contributed by atoms with Crippen LogP contribution in [0.15, 0.2) is 22.0 Å². The topological polar surface area (TPSA) is 71.3 Å². The van der Waals surface area contributed by atoms with E-state index in [1.54, 1.807) is 16.2 Å². The summed E-state index contributed by atoms with van der Waals surface area (Å²) in [6.07, 6.45) is 3.73. The lowest BCUT2D eigenvalue weighted by Gasteiger charge is -2.20. The fourth-order valence-corrected chi connectivity index (χ4v) is 4.84. The normalized spacial score (nSPS) is 14.9. The first-order chi connectivity index (χ1) is 13.6. The smallest absolute Gasteiger partial charge is 0.233 e. The number of carbonyl (C=O) groups is 2. The van der Waals surface area contributed by atoms with E-state index in [-0.39, 0.29) is 11.8 Å². The first-order valence-electron chi connectivity index (χ1n) is 9.66. The average molecular weight is 422 g/mol. The predicted octanol–water partition coefficient (Wildman–Crippen LogP) is 3.01. The Labute approximate surface area is 174 Å². The van der Waals surface area contributed by atoms with E-state index in [0.717, 1.165) is 42.4 Å². The Bertz CT molecular complexity index is 790. The van der Waals surface area contributed by atoms with E-state index in [9.17, 15) is 9.59 Å². The molecule has 152 valence electrons. The highest BCUT2D eigenvalue weighted by atomic mass is 32.2. The van der Waals surface area contributed by atoms with Gasteiger partial charge in [-0.05, 0) is 42.2 Å². The van der Waals surface area contributed by atoms with Crippen LogP contribution < -0.4 is 0 Å². The van der Waals surface area contributed by atoms with Gasteiger partial charge < -0.3 is 14.4 Å². The van der Waals surface area contributed by atoms with Gasteiger partial charge in [0.25, 0.3) is 0 Å². The van der Waals surface area contributed by atoms with Crippen LogP contribution in [-0.4, -0.2) is 55.7 Å².